The van der Waals surface area contributed by atoms with Crippen molar-refractivity contribution in [2.75, 3.05) is 0 Å². The van der Waals surface area contributed by atoms with E-state index in [1.807, 2.05) is 0 Å². The van der Waals surface area contributed by atoms with Gasteiger partial charge in [0.1, 0.15) is 11.5 Å². The number of aromatic nitrogens is 2. The van der Waals surface area contributed by atoms with Crippen LogP contribution in [0.4, 0.5) is 0 Å². The third-order valence-corrected chi connectivity index (χ3v) is 3.52. The van der Waals surface area contributed by atoms with Gasteiger partial charge >= 0.3 is 0 Å². The lowest BCUT2D eigenvalue weighted by Crippen LogP contribution is -1.98. The van der Waals surface area contributed by atoms with E-state index >= 15 is 0 Å². The molecule has 0 spiro atoms. The Morgan fingerprint density at radius 2 is 1.00 bits per heavy atom. The predicted octanol–water partition coefficient (Wildman–Crippen LogP) is 0.160. The van der Waals surface area contributed by atoms with Crippen LogP contribution in [0.15, 0.2) is 12.4 Å². The Balaban J connectivity index is 0.000000240. The number of pyridine rings is 2. The maximum absolute atomic E-state index is 9.38. The zero-order valence-electron chi connectivity index (χ0n) is 13.6. The number of hydrogen-bond acceptors (Lipinski definition) is 8. The number of nitrogens with zero attached hydrogens (tertiary/aromatic N) is 2. The first-order valence-corrected chi connectivity index (χ1v) is 7.17. The van der Waals surface area contributed by atoms with Crippen molar-refractivity contribution in [2.45, 2.75) is 40.3 Å². The van der Waals surface area contributed by atoms with Crippen molar-refractivity contribution in [3.63, 3.8) is 0 Å². The van der Waals surface area contributed by atoms with Crippen LogP contribution in [0.25, 0.3) is 0 Å². The zero-order valence-corrected chi connectivity index (χ0v) is 13.6. The smallest absolute Gasteiger partial charge is 0.142 e. The fourth-order valence-corrected chi connectivity index (χ4v) is 1.99. The second-order valence-electron chi connectivity index (χ2n) is 5.02. The molecule has 0 bridgehead atoms. The van der Waals surface area contributed by atoms with Crippen LogP contribution < -0.4 is 0 Å². The molecule has 24 heavy (non-hydrogen) atoms. The number of aliphatic hydroxyl groups excluding tert-OH is 4. The lowest BCUT2D eigenvalue weighted by molar-refractivity contribution is 0.254. The minimum absolute atomic E-state index is 0.0379. The normalized spacial score (nSPS) is 10.2. The molecule has 0 atom stereocenters. The highest BCUT2D eigenvalue weighted by Crippen LogP contribution is 2.24. The number of hydrogen-bond donors (Lipinski definition) is 6. The molecule has 0 radical (unpaired) electrons. The Kier molecular flexibility index (Phi) is 7.53. The summed E-state index contributed by atoms with van der Waals surface area (Å²) in [4.78, 5) is 7.67. The van der Waals surface area contributed by atoms with Crippen LogP contribution in [-0.2, 0) is 26.4 Å². The summed E-state index contributed by atoms with van der Waals surface area (Å²) in [5.74, 6) is -0.0758. The van der Waals surface area contributed by atoms with E-state index in [0.717, 1.165) is 0 Å². The van der Waals surface area contributed by atoms with Crippen molar-refractivity contribution in [2.24, 2.45) is 0 Å². The molecule has 0 unspecified atom stereocenters. The van der Waals surface area contributed by atoms with Gasteiger partial charge in [-0.3, -0.25) is 9.97 Å². The Morgan fingerprint density at radius 3 is 1.25 bits per heavy atom. The maximum Gasteiger partial charge on any atom is 0.142 e. The van der Waals surface area contributed by atoms with Gasteiger partial charge in [-0.15, -0.1) is 0 Å². The van der Waals surface area contributed by atoms with Crippen molar-refractivity contribution in [3.05, 3.63) is 46.0 Å². The summed E-state index contributed by atoms with van der Waals surface area (Å²) < 4.78 is 0. The third kappa shape index (κ3) is 4.39. The average Bonchev–Trinajstić information content (AvgIpc) is 2.59. The molecule has 2 heterocycles. The van der Waals surface area contributed by atoms with Crippen molar-refractivity contribution >= 4 is 0 Å². The van der Waals surface area contributed by atoms with Gasteiger partial charge in [-0.1, -0.05) is 0 Å². The molecule has 132 valence electrons. The molecule has 8 nitrogen and oxygen atoms in total. The molecular weight excluding hydrogens is 316 g/mol. The standard InChI is InChI=1S/2C8H11NO3/c2*1-5-8(12)7(4-11)6(3-10)2-9-5/h2*2,10-12H,3-4H2,1H3. The molecule has 0 aliphatic carbocycles. The van der Waals surface area contributed by atoms with Gasteiger partial charge in [-0.05, 0) is 13.8 Å². The third-order valence-electron chi connectivity index (χ3n) is 3.52. The quantitative estimate of drug-likeness (QED) is 0.462. The van der Waals surface area contributed by atoms with E-state index in [1.165, 1.54) is 12.4 Å². The van der Waals surface area contributed by atoms with Crippen LogP contribution in [0.5, 0.6) is 11.5 Å². The number of aliphatic hydroxyl groups is 4. The van der Waals surface area contributed by atoms with Crippen LogP contribution in [0.3, 0.4) is 0 Å². The fraction of sp³-hybridized carbons (Fsp3) is 0.375. The summed E-state index contributed by atoms with van der Waals surface area (Å²) in [7, 11) is 0. The lowest BCUT2D eigenvalue weighted by Gasteiger charge is -2.07. The second-order valence-corrected chi connectivity index (χ2v) is 5.02. The first-order chi connectivity index (χ1) is 11.4. The molecule has 0 saturated carbocycles. The van der Waals surface area contributed by atoms with Crippen LogP contribution in [0.2, 0.25) is 0 Å². The summed E-state index contributed by atoms with van der Waals surface area (Å²) in [5, 5.41) is 54.1. The Hall–Kier alpha value is -2.26. The number of rotatable bonds is 4. The SMILES string of the molecule is Cc1ncc(CO)c(CO)c1O.Cc1ncc(CO)c(CO)c1O. The van der Waals surface area contributed by atoms with Crippen molar-refractivity contribution in [1.82, 2.24) is 9.97 Å². The van der Waals surface area contributed by atoms with Gasteiger partial charge in [0.05, 0.1) is 37.8 Å². The largest absolute Gasteiger partial charge is 0.506 e. The van der Waals surface area contributed by atoms with E-state index in [2.05, 4.69) is 9.97 Å². The first-order valence-electron chi connectivity index (χ1n) is 7.17. The van der Waals surface area contributed by atoms with E-state index in [0.29, 0.717) is 33.6 Å². The summed E-state index contributed by atoms with van der Waals surface area (Å²) in [5.41, 5.74) is 2.53. The highest BCUT2D eigenvalue weighted by Gasteiger charge is 2.10. The number of aromatic hydroxyl groups is 2. The lowest BCUT2D eigenvalue weighted by atomic mass is 10.1. The van der Waals surface area contributed by atoms with Gasteiger partial charge in [-0.2, -0.15) is 0 Å². The monoisotopic (exact) mass is 338 g/mol. The van der Waals surface area contributed by atoms with Gasteiger partial charge in [-0.25, -0.2) is 0 Å². The molecule has 0 amide bonds. The molecule has 2 aromatic heterocycles. The summed E-state index contributed by atoms with van der Waals surface area (Å²) in [6.07, 6.45) is 2.89. The minimum Gasteiger partial charge on any atom is -0.506 e. The maximum atomic E-state index is 9.38. The number of aryl methyl sites for hydroxylation is 2. The van der Waals surface area contributed by atoms with Crippen molar-refractivity contribution in [3.8, 4) is 11.5 Å². The molecular formula is C16H22N2O6. The molecule has 0 aliphatic rings. The van der Waals surface area contributed by atoms with E-state index < -0.39 is 0 Å². The van der Waals surface area contributed by atoms with E-state index in [9.17, 15) is 10.2 Å². The zero-order chi connectivity index (χ0) is 18.3. The van der Waals surface area contributed by atoms with Crippen LogP contribution in [-0.4, -0.2) is 40.6 Å². The second kappa shape index (κ2) is 9.14. The average molecular weight is 338 g/mol. The van der Waals surface area contributed by atoms with Crippen molar-refractivity contribution < 1.29 is 30.6 Å². The molecule has 0 aliphatic heterocycles. The minimum atomic E-state index is -0.287. The van der Waals surface area contributed by atoms with Gasteiger partial charge in [0.15, 0.2) is 0 Å². The van der Waals surface area contributed by atoms with E-state index in [1.54, 1.807) is 13.8 Å². The summed E-state index contributed by atoms with van der Waals surface area (Å²) in [6, 6.07) is 0. The van der Waals surface area contributed by atoms with Crippen LogP contribution in [0.1, 0.15) is 33.6 Å². The van der Waals surface area contributed by atoms with Crippen molar-refractivity contribution in [1.29, 1.82) is 0 Å². The highest BCUT2D eigenvalue weighted by atomic mass is 16.3. The molecule has 6 N–H and O–H groups in total. The summed E-state index contributed by atoms with van der Waals surface area (Å²) >= 11 is 0. The molecule has 2 rings (SSSR count). The van der Waals surface area contributed by atoms with Crippen LogP contribution >= 0.6 is 0 Å². The van der Waals surface area contributed by atoms with E-state index in [-0.39, 0.29) is 37.9 Å². The van der Waals surface area contributed by atoms with Gasteiger partial charge in [0.2, 0.25) is 0 Å². The predicted molar refractivity (Wildman–Crippen MR) is 85.0 cm³/mol. The molecule has 8 heteroatoms. The molecule has 0 aromatic carbocycles. The molecule has 0 saturated heterocycles. The Labute approximate surface area is 139 Å². The Bertz CT molecular complexity index is 631. The first kappa shape index (κ1) is 19.8. The van der Waals surface area contributed by atoms with Gasteiger partial charge in [0, 0.05) is 34.6 Å². The highest BCUT2D eigenvalue weighted by molar-refractivity contribution is 5.40. The van der Waals surface area contributed by atoms with Gasteiger partial charge in [0.25, 0.3) is 0 Å². The molecule has 2 aromatic rings. The summed E-state index contributed by atoms with van der Waals surface area (Å²) in [6.45, 7) is 2.24. The van der Waals surface area contributed by atoms with Gasteiger partial charge < -0.3 is 30.6 Å². The Morgan fingerprint density at radius 1 is 0.667 bits per heavy atom. The topological polar surface area (TPSA) is 147 Å². The fourth-order valence-electron chi connectivity index (χ4n) is 1.99. The molecule has 0 fully saturated rings. The van der Waals surface area contributed by atoms with Crippen LogP contribution in [0, 0.1) is 13.8 Å². The van der Waals surface area contributed by atoms with E-state index in [4.69, 9.17) is 20.4 Å².